The first-order valence-corrected chi connectivity index (χ1v) is 11.4. The zero-order valence-corrected chi connectivity index (χ0v) is 19.3. The van der Waals surface area contributed by atoms with Crippen LogP contribution in [-0.2, 0) is 14.8 Å². The Bertz CT molecular complexity index is 1250. The lowest BCUT2D eigenvalue weighted by Gasteiger charge is -2.25. The lowest BCUT2D eigenvalue weighted by molar-refractivity contribution is -0.114. The zero-order valence-electron chi connectivity index (χ0n) is 17.7. The second-order valence-electron chi connectivity index (χ2n) is 7.16. The van der Waals surface area contributed by atoms with Crippen molar-refractivity contribution in [3.8, 4) is 5.75 Å². The summed E-state index contributed by atoms with van der Waals surface area (Å²) >= 11 is 5.77. The van der Waals surface area contributed by atoms with E-state index in [2.05, 4.69) is 5.32 Å². The van der Waals surface area contributed by atoms with Crippen molar-refractivity contribution < 1.29 is 22.3 Å². The van der Waals surface area contributed by atoms with Gasteiger partial charge in [0.1, 0.15) is 18.1 Å². The van der Waals surface area contributed by atoms with Gasteiger partial charge in [0.25, 0.3) is 10.0 Å². The molecule has 3 aromatic rings. The summed E-state index contributed by atoms with van der Waals surface area (Å²) in [6.07, 6.45) is 0. The lowest BCUT2D eigenvalue weighted by Crippen LogP contribution is -2.38. The topological polar surface area (TPSA) is 75.7 Å². The summed E-state index contributed by atoms with van der Waals surface area (Å²) in [4.78, 5) is 12.9. The number of aryl methyl sites for hydroxylation is 2. The summed E-state index contributed by atoms with van der Waals surface area (Å²) in [5.41, 5.74) is 1.87. The van der Waals surface area contributed by atoms with Crippen molar-refractivity contribution >= 4 is 38.9 Å². The van der Waals surface area contributed by atoms with Crippen LogP contribution in [0.2, 0.25) is 5.02 Å². The molecule has 0 heterocycles. The number of anilines is 2. The van der Waals surface area contributed by atoms with Crippen LogP contribution in [0.3, 0.4) is 0 Å². The first-order chi connectivity index (χ1) is 15.1. The van der Waals surface area contributed by atoms with E-state index in [0.717, 1.165) is 15.9 Å². The molecule has 0 spiro atoms. The maximum atomic E-state index is 13.6. The van der Waals surface area contributed by atoms with Gasteiger partial charge >= 0.3 is 0 Å². The van der Waals surface area contributed by atoms with E-state index in [9.17, 15) is 17.6 Å². The van der Waals surface area contributed by atoms with Crippen LogP contribution >= 0.6 is 11.6 Å². The monoisotopic (exact) mass is 476 g/mol. The van der Waals surface area contributed by atoms with Gasteiger partial charge in [0.05, 0.1) is 22.7 Å². The molecule has 0 unspecified atom stereocenters. The average molecular weight is 477 g/mol. The minimum absolute atomic E-state index is 0.103. The fraction of sp³-hybridized carbons (Fsp3) is 0.174. The molecule has 0 aliphatic carbocycles. The predicted octanol–water partition coefficient (Wildman–Crippen LogP) is 4.94. The fourth-order valence-corrected chi connectivity index (χ4v) is 4.99. The van der Waals surface area contributed by atoms with Crippen molar-refractivity contribution in [2.45, 2.75) is 18.7 Å². The summed E-state index contributed by atoms with van der Waals surface area (Å²) in [7, 11) is -2.58. The van der Waals surface area contributed by atoms with Crippen LogP contribution in [0.15, 0.2) is 65.6 Å². The third-order valence-corrected chi connectivity index (χ3v) is 6.97. The summed E-state index contributed by atoms with van der Waals surface area (Å²) in [5, 5.41) is 2.41. The number of hydrogen-bond donors (Lipinski definition) is 1. The van der Waals surface area contributed by atoms with Crippen LogP contribution in [0.1, 0.15) is 11.1 Å². The third-order valence-electron chi connectivity index (χ3n) is 4.76. The van der Waals surface area contributed by atoms with Gasteiger partial charge in [0, 0.05) is 5.69 Å². The molecule has 0 saturated heterocycles. The minimum atomic E-state index is -4.08. The molecular formula is C23H22ClFN2O4S. The largest absolute Gasteiger partial charge is 0.497 e. The van der Waals surface area contributed by atoms with Crippen molar-refractivity contribution in [1.29, 1.82) is 0 Å². The highest BCUT2D eigenvalue weighted by molar-refractivity contribution is 7.93. The van der Waals surface area contributed by atoms with Gasteiger partial charge < -0.3 is 10.1 Å². The molecule has 1 N–H and O–H groups in total. The van der Waals surface area contributed by atoms with Crippen molar-refractivity contribution in [2.24, 2.45) is 0 Å². The number of benzene rings is 3. The maximum Gasteiger partial charge on any atom is 0.265 e. The number of sulfonamides is 1. The molecule has 3 aromatic carbocycles. The summed E-state index contributed by atoms with van der Waals surface area (Å²) in [6.45, 7) is 2.98. The normalized spacial score (nSPS) is 11.2. The quantitative estimate of drug-likeness (QED) is 0.524. The number of carbonyl (C=O) groups is 1. The highest BCUT2D eigenvalue weighted by Crippen LogP contribution is 2.28. The van der Waals surface area contributed by atoms with Crippen LogP contribution in [0.5, 0.6) is 5.75 Å². The number of rotatable bonds is 7. The Morgan fingerprint density at radius 2 is 1.75 bits per heavy atom. The summed E-state index contributed by atoms with van der Waals surface area (Å²) in [6, 6.07) is 15.2. The maximum absolute atomic E-state index is 13.6. The number of methoxy groups -OCH3 is 1. The average Bonchev–Trinajstić information content (AvgIpc) is 2.76. The molecule has 0 aliphatic rings. The van der Waals surface area contributed by atoms with E-state index in [0.29, 0.717) is 17.0 Å². The van der Waals surface area contributed by atoms with Crippen LogP contribution in [0.25, 0.3) is 0 Å². The molecule has 0 atom stereocenters. The smallest absolute Gasteiger partial charge is 0.265 e. The standard InChI is InChI=1S/C23H22ClFN2O4S/c1-15-4-5-16(2)22(12-15)32(29,30)27(18-7-9-19(31-3)10-8-18)14-23(28)26-17-6-11-21(25)20(24)13-17/h4-13H,14H2,1-3H3,(H,26,28). The number of carbonyl (C=O) groups excluding carboxylic acids is 1. The van der Waals surface area contributed by atoms with Gasteiger partial charge in [0.15, 0.2) is 0 Å². The minimum Gasteiger partial charge on any atom is -0.497 e. The Morgan fingerprint density at radius 3 is 2.38 bits per heavy atom. The van der Waals surface area contributed by atoms with Gasteiger partial charge in [-0.1, -0.05) is 23.7 Å². The van der Waals surface area contributed by atoms with Crippen molar-refractivity contribution in [2.75, 3.05) is 23.3 Å². The molecule has 1 amide bonds. The Balaban J connectivity index is 1.99. The summed E-state index contributed by atoms with van der Waals surface area (Å²) in [5.74, 6) is -0.692. The van der Waals surface area contributed by atoms with Crippen LogP contribution in [0.4, 0.5) is 15.8 Å². The molecule has 0 bridgehead atoms. The molecule has 0 aromatic heterocycles. The van der Waals surface area contributed by atoms with E-state index in [1.165, 1.54) is 19.2 Å². The van der Waals surface area contributed by atoms with E-state index in [4.69, 9.17) is 16.3 Å². The molecule has 32 heavy (non-hydrogen) atoms. The Kier molecular flexibility index (Phi) is 7.06. The van der Waals surface area contributed by atoms with Gasteiger partial charge in [-0.2, -0.15) is 0 Å². The van der Waals surface area contributed by atoms with E-state index < -0.39 is 28.3 Å². The number of nitrogens with zero attached hydrogens (tertiary/aromatic N) is 1. The van der Waals surface area contributed by atoms with E-state index in [1.54, 1.807) is 50.2 Å². The highest BCUT2D eigenvalue weighted by atomic mass is 35.5. The fourth-order valence-electron chi connectivity index (χ4n) is 3.07. The molecule has 0 aliphatic heterocycles. The number of nitrogens with one attached hydrogen (secondary N) is 1. The first kappa shape index (κ1) is 23.6. The van der Waals surface area contributed by atoms with Gasteiger partial charge in [0.2, 0.25) is 5.91 Å². The molecule has 0 saturated carbocycles. The number of amides is 1. The molecule has 3 rings (SSSR count). The third kappa shape index (κ3) is 5.20. The molecule has 0 radical (unpaired) electrons. The van der Waals surface area contributed by atoms with Crippen LogP contribution in [-0.4, -0.2) is 28.0 Å². The van der Waals surface area contributed by atoms with Crippen molar-refractivity contribution in [3.05, 3.63) is 82.6 Å². The second-order valence-corrected chi connectivity index (χ2v) is 9.39. The molecule has 168 valence electrons. The number of ether oxygens (including phenoxy) is 1. The first-order valence-electron chi connectivity index (χ1n) is 9.61. The number of halogens is 2. The van der Waals surface area contributed by atoms with E-state index in [1.807, 2.05) is 6.07 Å². The Labute approximate surface area is 191 Å². The molecular weight excluding hydrogens is 455 g/mol. The molecule has 9 heteroatoms. The van der Waals surface area contributed by atoms with Gasteiger partial charge in [-0.05, 0) is 73.5 Å². The Hall–Kier alpha value is -3.10. The Morgan fingerprint density at radius 1 is 1.06 bits per heavy atom. The van der Waals surface area contributed by atoms with E-state index >= 15 is 0 Å². The van der Waals surface area contributed by atoms with Crippen molar-refractivity contribution in [3.63, 3.8) is 0 Å². The van der Waals surface area contributed by atoms with E-state index in [-0.39, 0.29) is 15.6 Å². The van der Waals surface area contributed by atoms with Gasteiger partial charge in [-0.25, -0.2) is 12.8 Å². The zero-order chi connectivity index (χ0) is 23.5. The van der Waals surface area contributed by atoms with Crippen LogP contribution in [0, 0.1) is 19.7 Å². The second kappa shape index (κ2) is 9.58. The molecule has 0 fully saturated rings. The number of hydrogen-bond acceptors (Lipinski definition) is 4. The van der Waals surface area contributed by atoms with Crippen LogP contribution < -0.4 is 14.4 Å². The molecule has 6 nitrogen and oxygen atoms in total. The van der Waals surface area contributed by atoms with Gasteiger partial charge in [-0.15, -0.1) is 0 Å². The lowest BCUT2D eigenvalue weighted by atomic mass is 10.2. The SMILES string of the molecule is COc1ccc(N(CC(=O)Nc2ccc(F)c(Cl)c2)S(=O)(=O)c2cc(C)ccc2C)cc1. The highest BCUT2D eigenvalue weighted by Gasteiger charge is 2.29. The van der Waals surface area contributed by atoms with Crippen molar-refractivity contribution in [1.82, 2.24) is 0 Å². The summed E-state index contributed by atoms with van der Waals surface area (Å²) < 4.78 is 46.8. The van der Waals surface area contributed by atoms with Gasteiger partial charge in [-0.3, -0.25) is 9.10 Å². The predicted molar refractivity (Wildman–Crippen MR) is 123 cm³/mol.